The fraction of sp³-hybridized carbons (Fsp3) is 0.591. The van der Waals surface area contributed by atoms with E-state index < -0.39 is 0 Å². The number of nitrogens with zero attached hydrogens (tertiary/aromatic N) is 2. The number of aromatic amines is 1. The van der Waals surface area contributed by atoms with E-state index in [1.165, 1.54) is 73.9 Å². The summed E-state index contributed by atoms with van der Waals surface area (Å²) in [4.78, 5) is 11.0. The molecule has 4 fully saturated rings. The summed E-state index contributed by atoms with van der Waals surface area (Å²) in [6.07, 6.45) is 12.5. The molecule has 0 radical (unpaired) electrons. The number of nitrogens with one attached hydrogen (secondary N) is 1. The molecule has 4 heteroatoms. The van der Waals surface area contributed by atoms with Crippen LogP contribution in [0, 0.1) is 0 Å². The molecule has 3 nitrogen and oxygen atoms in total. The first-order chi connectivity index (χ1) is 12.6. The number of fused-ring (bicyclic) bond motifs is 3. The zero-order valence-electron chi connectivity index (χ0n) is 15.6. The second-order valence-corrected chi connectivity index (χ2v) is 9.80. The van der Waals surface area contributed by atoms with Gasteiger partial charge in [-0.15, -0.1) is 0 Å². The van der Waals surface area contributed by atoms with Crippen LogP contribution in [0.2, 0.25) is 0 Å². The average Bonchev–Trinajstić information content (AvgIpc) is 3.33. The van der Waals surface area contributed by atoms with Crippen molar-refractivity contribution < 1.29 is 0 Å². The molecule has 3 aliphatic carbocycles. The first-order valence-electron chi connectivity index (χ1n) is 10.1. The Kier molecular flexibility index (Phi) is 4.05. The smallest absolute Gasteiger partial charge is 0.123 e. The molecule has 6 rings (SSSR count). The number of halogens is 1. The Hall–Kier alpha value is -1.13. The van der Waals surface area contributed by atoms with Crippen LogP contribution in [0.3, 0.4) is 0 Å². The Morgan fingerprint density at radius 3 is 2.31 bits per heavy atom. The van der Waals surface area contributed by atoms with Gasteiger partial charge in [0.2, 0.25) is 0 Å². The zero-order valence-corrected chi connectivity index (χ0v) is 17.2. The van der Waals surface area contributed by atoms with Gasteiger partial charge in [-0.05, 0) is 88.1 Å². The minimum atomic E-state index is 0.347. The Morgan fingerprint density at radius 1 is 1.04 bits per heavy atom. The fourth-order valence-corrected chi connectivity index (χ4v) is 6.12. The van der Waals surface area contributed by atoms with E-state index in [0.717, 1.165) is 0 Å². The molecule has 1 N–H and O–H groups in total. The van der Waals surface area contributed by atoms with Gasteiger partial charge in [0, 0.05) is 21.8 Å². The lowest BCUT2D eigenvalue weighted by Crippen LogP contribution is -2.46. The summed E-state index contributed by atoms with van der Waals surface area (Å²) < 4.78 is 1.18. The van der Waals surface area contributed by atoms with Crippen molar-refractivity contribution in [1.29, 1.82) is 0 Å². The van der Waals surface area contributed by atoms with Crippen molar-refractivity contribution in [2.45, 2.75) is 68.2 Å². The summed E-state index contributed by atoms with van der Waals surface area (Å²) in [6.45, 7) is 1.20. The monoisotopic (exact) mass is 413 g/mol. The summed E-state index contributed by atoms with van der Waals surface area (Å²) in [6, 6.07) is 9.59. The van der Waals surface area contributed by atoms with Crippen LogP contribution in [0.15, 0.2) is 34.9 Å². The van der Waals surface area contributed by atoms with E-state index in [-0.39, 0.29) is 0 Å². The molecular formula is C22H28BrN3. The van der Waals surface area contributed by atoms with E-state index in [1.807, 2.05) is 0 Å². The van der Waals surface area contributed by atoms with Crippen molar-refractivity contribution in [2.24, 2.45) is 0 Å². The molecule has 3 saturated carbocycles. The molecule has 2 heterocycles. The van der Waals surface area contributed by atoms with E-state index in [9.17, 15) is 0 Å². The summed E-state index contributed by atoms with van der Waals surface area (Å²) in [5, 5.41) is 0. The highest BCUT2D eigenvalue weighted by Crippen LogP contribution is 2.58. The van der Waals surface area contributed by atoms with E-state index in [0.29, 0.717) is 16.9 Å². The molecule has 138 valence electrons. The second kappa shape index (κ2) is 6.20. The number of H-pyrrole nitrogens is 1. The summed E-state index contributed by atoms with van der Waals surface area (Å²) in [7, 11) is 2.23. The lowest BCUT2D eigenvalue weighted by molar-refractivity contribution is 0.0988. The van der Waals surface area contributed by atoms with Gasteiger partial charge in [0.25, 0.3) is 0 Å². The lowest BCUT2D eigenvalue weighted by Gasteiger charge is -2.53. The second-order valence-electron chi connectivity index (χ2n) is 8.89. The molecule has 1 aliphatic heterocycles. The summed E-state index contributed by atoms with van der Waals surface area (Å²) >= 11 is 3.58. The molecule has 1 aromatic carbocycles. The number of likely N-dealkylation sites (tertiary alicyclic amines) is 1. The van der Waals surface area contributed by atoms with Crippen molar-refractivity contribution in [1.82, 2.24) is 14.9 Å². The molecule has 26 heavy (non-hydrogen) atoms. The lowest BCUT2D eigenvalue weighted by atomic mass is 9.51. The van der Waals surface area contributed by atoms with Gasteiger partial charge >= 0.3 is 0 Å². The Morgan fingerprint density at radius 2 is 1.69 bits per heavy atom. The fourth-order valence-electron chi connectivity index (χ4n) is 5.86. The Balaban J connectivity index is 1.37. The highest BCUT2D eigenvalue weighted by molar-refractivity contribution is 9.10. The van der Waals surface area contributed by atoms with Gasteiger partial charge in [0.05, 0.1) is 6.04 Å². The number of hydrogen-bond donors (Lipinski definition) is 1. The van der Waals surface area contributed by atoms with Gasteiger partial charge in [-0.3, -0.25) is 4.90 Å². The molecule has 1 atom stereocenters. The molecule has 1 unspecified atom stereocenters. The Bertz CT molecular complexity index is 769. The number of imidazole rings is 1. The number of hydrogen-bond acceptors (Lipinski definition) is 2. The van der Waals surface area contributed by atoms with Crippen LogP contribution in [0.4, 0.5) is 0 Å². The molecule has 2 aromatic rings. The van der Waals surface area contributed by atoms with Gasteiger partial charge in [0.1, 0.15) is 5.82 Å². The third-order valence-electron chi connectivity index (χ3n) is 7.71. The van der Waals surface area contributed by atoms with Crippen molar-refractivity contribution in [2.75, 3.05) is 13.6 Å². The molecule has 2 bridgehead atoms. The van der Waals surface area contributed by atoms with Gasteiger partial charge in [-0.1, -0.05) is 28.1 Å². The van der Waals surface area contributed by atoms with Crippen molar-refractivity contribution in [3.63, 3.8) is 0 Å². The van der Waals surface area contributed by atoms with Crippen LogP contribution in [0.5, 0.6) is 0 Å². The number of benzene rings is 1. The van der Waals surface area contributed by atoms with Gasteiger partial charge in [0.15, 0.2) is 0 Å². The Labute approximate surface area is 164 Å². The molecular weight excluding hydrogens is 386 g/mol. The van der Waals surface area contributed by atoms with Crippen LogP contribution in [-0.2, 0) is 10.8 Å². The SMILES string of the molecule is CN1CCCC1c1ncc(C23CCC(c4ccc(Br)cc4)(CC2)CC3)[nH]1. The van der Waals surface area contributed by atoms with Crippen LogP contribution >= 0.6 is 15.9 Å². The highest BCUT2D eigenvalue weighted by Gasteiger charge is 2.50. The van der Waals surface area contributed by atoms with Gasteiger partial charge in [-0.25, -0.2) is 4.98 Å². The molecule has 4 aliphatic rings. The highest BCUT2D eigenvalue weighted by atomic mass is 79.9. The quantitative estimate of drug-likeness (QED) is 0.721. The number of rotatable bonds is 3. The minimum absolute atomic E-state index is 0.347. The first kappa shape index (κ1) is 17.0. The maximum Gasteiger partial charge on any atom is 0.123 e. The van der Waals surface area contributed by atoms with Gasteiger partial charge in [-0.2, -0.15) is 0 Å². The third-order valence-corrected chi connectivity index (χ3v) is 8.23. The van der Waals surface area contributed by atoms with Crippen molar-refractivity contribution in [3.05, 3.63) is 52.0 Å². The van der Waals surface area contributed by atoms with Gasteiger partial charge < -0.3 is 4.98 Å². The van der Waals surface area contributed by atoms with Crippen LogP contribution in [0.25, 0.3) is 0 Å². The average molecular weight is 414 g/mol. The molecule has 0 amide bonds. The topological polar surface area (TPSA) is 31.9 Å². The molecule has 1 saturated heterocycles. The van der Waals surface area contributed by atoms with E-state index in [2.05, 4.69) is 63.3 Å². The van der Waals surface area contributed by atoms with Crippen LogP contribution < -0.4 is 0 Å². The summed E-state index contributed by atoms with van der Waals surface area (Å²) in [5.74, 6) is 1.20. The van der Waals surface area contributed by atoms with Crippen molar-refractivity contribution >= 4 is 15.9 Å². The maximum absolute atomic E-state index is 4.82. The van der Waals surface area contributed by atoms with E-state index in [1.54, 1.807) is 5.56 Å². The first-order valence-corrected chi connectivity index (χ1v) is 10.9. The maximum atomic E-state index is 4.82. The molecule has 0 spiro atoms. The molecule has 1 aromatic heterocycles. The predicted octanol–water partition coefficient (Wildman–Crippen LogP) is 5.48. The normalized spacial score (nSPS) is 34.5. The number of aromatic nitrogens is 2. The largest absolute Gasteiger partial charge is 0.344 e. The predicted molar refractivity (Wildman–Crippen MR) is 108 cm³/mol. The van der Waals surface area contributed by atoms with Crippen LogP contribution in [0.1, 0.15) is 74.5 Å². The van der Waals surface area contributed by atoms with E-state index in [4.69, 9.17) is 4.98 Å². The minimum Gasteiger partial charge on any atom is -0.344 e. The standard InChI is InChI=1S/C22H28BrN3/c1-26-14-2-3-18(26)20-24-15-19(25-20)22-11-8-21(9-12-22,10-13-22)16-4-6-17(23)7-5-16/h4-7,15,18H,2-3,8-14H2,1H3,(H,24,25). The van der Waals surface area contributed by atoms with Crippen LogP contribution in [-0.4, -0.2) is 28.5 Å². The zero-order chi connectivity index (χ0) is 17.8. The third kappa shape index (κ3) is 2.60. The van der Waals surface area contributed by atoms with E-state index >= 15 is 0 Å². The summed E-state index contributed by atoms with van der Waals surface area (Å²) in [5.41, 5.74) is 3.72. The van der Waals surface area contributed by atoms with Crippen molar-refractivity contribution in [3.8, 4) is 0 Å².